The molecule has 22 heavy (non-hydrogen) atoms. The molecule has 0 fully saturated rings. The Bertz CT molecular complexity index is 975. The van der Waals surface area contributed by atoms with Crippen molar-refractivity contribution in [1.29, 1.82) is 0 Å². The van der Waals surface area contributed by atoms with Crippen LogP contribution < -0.4 is 0 Å². The first kappa shape index (κ1) is 13.7. The molecule has 2 aliphatic heterocycles. The van der Waals surface area contributed by atoms with E-state index in [0.717, 1.165) is 12.3 Å². The van der Waals surface area contributed by atoms with Gasteiger partial charge >= 0.3 is 5.61 Å². The molecule has 0 atom stereocenters. The Morgan fingerprint density at radius 2 is 1.55 bits per heavy atom. The lowest BCUT2D eigenvalue weighted by Gasteiger charge is -1.96. The number of aromatic hydroxyl groups is 3. The fourth-order valence-corrected chi connectivity index (χ4v) is 1.72. The molecule has 0 aliphatic carbocycles. The molecule has 0 unspecified atom stereocenters. The third-order valence-corrected chi connectivity index (χ3v) is 2.86. The molecule has 3 N–H and O–H groups in total. The van der Waals surface area contributed by atoms with Gasteiger partial charge < -0.3 is 28.6 Å². The number of para-hydroxylation sites is 1. The van der Waals surface area contributed by atoms with Crippen LogP contribution in [0.2, 0.25) is 0 Å². The highest BCUT2D eigenvalue weighted by atomic mass is 16.5. The maximum Gasteiger partial charge on any atom is 0.335 e. The summed E-state index contributed by atoms with van der Waals surface area (Å²) < 4.78 is 15.7. The molecule has 112 valence electrons. The molecule has 2 heterocycles. The number of hydrogen-bond donors (Lipinski definition) is 3. The highest BCUT2D eigenvalue weighted by molar-refractivity contribution is 5.77. The van der Waals surface area contributed by atoms with Crippen LogP contribution in [0.25, 0.3) is 11.0 Å². The van der Waals surface area contributed by atoms with Crippen molar-refractivity contribution in [3.63, 3.8) is 0 Å². The first-order chi connectivity index (χ1) is 10.6. The molecule has 0 saturated carbocycles. The van der Waals surface area contributed by atoms with Crippen molar-refractivity contribution in [2.45, 2.75) is 0 Å². The minimum atomic E-state index is -0.682. The Hall–Kier alpha value is -3.28. The van der Waals surface area contributed by atoms with Gasteiger partial charge in [0.2, 0.25) is 5.42 Å². The van der Waals surface area contributed by atoms with Crippen molar-refractivity contribution in [3.8, 4) is 17.2 Å². The zero-order valence-electron chi connectivity index (χ0n) is 11.3. The minimum absolute atomic E-state index is 0.323. The standard InChI is InChI=1S/C16H12O6/c17-11-5-7-20-8-6-14-16(22-14)21-13-4-2-1-3-10(13)9-12(18)15(11)19/h1-9,17-19H. The lowest BCUT2D eigenvalue weighted by molar-refractivity contribution is 0.369. The van der Waals surface area contributed by atoms with Crippen LogP contribution in [0, 0.1) is 11.0 Å². The van der Waals surface area contributed by atoms with Crippen LogP contribution in [0.4, 0.5) is 0 Å². The van der Waals surface area contributed by atoms with E-state index in [1.54, 1.807) is 30.3 Å². The predicted octanol–water partition coefficient (Wildman–Crippen LogP) is 3.71. The summed E-state index contributed by atoms with van der Waals surface area (Å²) in [5.74, 6) is -1.74. The van der Waals surface area contributed by atoms with E-state index >= 15 is 0 Å². The third-order valence-electron chi connectivity index (χ3n) is 2.86. The lowest BCUT2D eigenvalue weighted by Crippen LogP contribution is -1.69. The molecule has 0 aromatic heterocycles. The highest BCUT2D eigenvalue weighted by Crippen LogP contribution is 2.32. The maximum atomic E-state index is 9.89. The van der Waals surface area contributed by atoms with Crippen molar-refractivity contribution >= 4 is 11.0 Å². The molecule has 0 saturated heterocycles. The highest BCUT2D eigenvalue weighted by Gasteiger charge is 2.03. The molecule has 0 bridgehead atoms. The summed E-state index contributed by atoms with van der Waals surface area (Å²) in [7, 11) is 0. The number of fused-ring (bicyclic) bond motifs is 1. The zero-order valence-corrected chi connectivity index (χ0v) is 11.3. The third kappa shape index (κ3) is 2.90. The molecule has 6 nitrogen and oxygen atoms in total. The van der Waals surface area contributed by atoms with E-state index in [-0.39, 0.29) is 0 Å². The maximum absolute atomic E-state index is 9.89. The molecule has 1 aromatic carbocycles. The van der Waals surface area contributed by atoms with E-state index in [9.17, 15) is 15.3 Å². The van der Waals surface area contributed by atoms with Gasteiger partial charge in [-0.15, -0.1) is 0 Å². The van der Waals surface area contributed by atoms with Gasteiger partial charge in [-0.1, -0.05) is 18.2 Å². The van der Waals surface area contributed by atoms with Crippen LogP contribution in [0.5, 0.6) is 17.2 Å². The SMILES string of the molecule is Oc1ccoccc2oc=2oc2ccccc2cc(O)c1O. The molecule has 2 aliphatic rings. The average molecular weight is 300 g/mol. The van der Waals surface area contributed by atoms with Gasteiger partial charge in [-0.3, -0.25) is 0 Å². The van der Waals surface area contributed by atoms with Gasteiger partial charge in [-0.25, -0.2) is 0 Å². The fraction of sp³-hybridized carbons (Fsp3) is 0. The largest absolute Gasteiger partial charge is 0.504 e. The first-order valence-electron chi connectivity index (χ1n) is 6.36. The summed E-state index contributed by atoms with van der Waals surface area (Å²) in [6.07, 6.45) is 2.46. The quantitative estimate of drug-likeness (QED) is 0.585. The Balaban J connectivity index is 2.43. The van der Waals surface area contributed by atoms with Crippen LogP contribution in [-0.4, -0.2) is 15.3 Å². The van der Waals surface area contributed by atoms with Crippen LogP contribution in [-0.2, 0) is 0 Å². The second-order valence-corrected chi connectivity index (χ2v) is 4.40. The summed E-state index contributed by atoms with van der Waals surface area (Å²) in [6.45, 7) is 0. The van der Waals surface area contributed by atoms with E-state index in [1.165, 1.54) is 12.3 Å². The molecule has 1 aromatic rings. The Morgan fingerprint density at radius 1 is 0.773 bits per heavy atom. The molecule has 6 heteroatoms. The minimum Gasteiger partial charge on any atom is -0.504 e. The summed E-state index contributed by atoms with van der Waals surface area (Å²) in [5, 5.41) is 29.8. The molecule has 3 rings (SSSR count). The van der Waals surface area contributed by atoms with Gasteiger partial charge in [0.15, 0.2) is 17.2 Å². The molecule has 0 spiro atoms. The van der Waals surface area contributed by atoms with Gasteiger partial charge in [0.25, 0.3) is 0 Å². The second kappa shape index (κ2) is 5.61. The van der Waals surface area contributed by atoms with Gasteiger partial charge in [0.1, 0.15) is 5.58 Å². The summed E-state index contributed by atoms with van der Waals surface area (Å²) in [4.78, 5) is 0. The van der Waals surface area contributed by atoms with Crippen molar-refractivity contribution in [2.75, 3.05) is 0 Å². The van der Waals surface area contributed by atoms with Gasteiger partial charge in [-0.2, -0.15) is 0 Å². The second-order valence-electron chi connectivity index (χ2n) is 4.40. The normalized spacial score (nSPS) is 10.4. The van der Waals surface area contributed by atoms with Crippen LogP contribution in [0.3, 0.4) is 0 Å². The number of benzene rings is 1. The number of rotatable bonds is 0. The van der Waals surface area contributed by atoms with Crippen molar-refractivity contribution in [3.05, 3.63) is 66.0 Å². The Kier molecular flexibility index (Phi) is 3.49. The van der Waals surface area contributed by atoms with Crippen molar-refractivity contribution in [1.82, 2.24) is 0 Å². The van der Waals surface area contributed by atoms with E-state index < -0.39 is 17.2 Å². The Morgan fingerprint density at radius 3 is 2.41 bits per heavy atom. The summed E-state index contributed by atoms with van der Waals surface area (Å²) in [5.41, 5.74) is 1.26. The molecular weight excluding hydrogens is 288 g/mol. The topological polar surface area (TPSA) is 100 Å². The average Bonchev–Trinajstić information content (AvgIpc) is 3.25. The van der Waals surface area contributed by atoms with Crippen molar-refractivity contribution in [2.24, 2.45) is 0 Å². The van der Waals surface area contributed by atoms with E-state index in [4.69, 9.17) is 13.3 Å². The lowest BCUT2D eigenvalue weighted by atomic mass is 10.2. The van der Waals surface area contributed by atoms with Crippen LogP contribution >= 0.6 is 0 Å². The summed E-state index contributed by atoms with van der Waals surface area (Å²) >= 11 is 0. The zero-order chi connectivity index (χ0) is 15.5. The molecule has 0 amide bonds. The Labute approximate surface area is 123 Å². The smallest absolute Gasteiger partial charge is 0.335 e. The molecular formula is C16H12O6. The number of hydrogen-bond acceptors (Lipinski definition) is 6. The van der Waals surface area contributed by atoms with E-state index in [0.29, 0.717) is 22.0 Å². The van der Waals surface area contributed by atoms with E-state index in [2.05, 4.69) is 0 Å². The summed E-state index contributed by atoms with van der Waals surface area (Å²) in [6, 6.07) is 10.8. The van der Waals surface area contributed by atoms with Crippen LogP contribution in [0.15, 0.2) is 68.2 Å². The van der Waals surface area contributed by atoms with E-state index in [1.807, 2.05) is 0 Å². The first-order valence-corrected chi connectivity index (χ1v) is 6.36. The monoisotopic (exact) mass is 300 g/mol. The van der Waals surface area contributed by atoms with Gasteiger partial charge in [0.05, 0.1) is 12.5 Å². The van der Waals surface area contributed by atoms with Gasteiger partial charge in [0, 0.05) is 17.5 Å². The predicted molar refractivity (Wildman–Crippen MR) is 76.3 cm³/mol. The fourth-order valence-electron chi connectivity index (χ4n) is 1.72. The molecule has 0 radical (unpaired) electrons. The van der Waals surface area contributed by atoms with Gasteiger partial charge in [-0.05, 0) is 12.1 Å². The van der Waals surface area contributed by atoms with Crippen molar-refractivity contribution < 1.29 is 28.6 Å². The van der Waals surface area contributed by atoms with Crippen LogP contribution in [0.1, 0.15) is 0 Å².